The van der Waals surface area contributed by atoms with Crippen molar-refractivity contribution in [3.05, 3.63) is 20.5 Å². The molecule has 0 aliphatic carbocycles. The Balaban J connectivity index is 3.09. The highest BCUT2D eigenvalue weighted by Crippen LogP contribution is 2.36. The molecule has 0 saturated carbocycles. The molecule has 0 aliphatic rings. The molecule has 3 N–H and O–H groups in total. The van der Waals surface area contributed by atoms with E-state index in [0.717, 1.165) is 6.07 Å². The van der Waals surface area contributed by atoms with Gasteiger partial charge >= 0.3 is 0 Å². The van der Waals surface area contributed by atoms with E-state index in [1.165, 1.54) is 13.8 Å². The zero-order chi connectivity index (χ0) is 15.7. The second-order valence-electron chi connectivity index (χ2n) is 4.61. The van der Waals surface area contributed by atoms with Gasteiger partial charge in [0.15, 0.2) is 4.34 Å². The summed E-state index contributed by atoms with van der Waals surface area (Å²) >= 11 is 6.18. The maximum atomic E-state index is 12.1. The number of carbonyl (C=O) groups is 1. The molecule has 0 bridgehead atoms. The third kappa shape index (κ3) is 4.13. The van der Waals surface area contributed by atoms with Gasteiger partial charge in [0.05, 0.1) is 4.92 Å². The van der Waals surface area contributed by atoms with Crippen molar-refractivity contribution in [2.45, 2.75) is 30.0 Å². The molecule has 0 saturated heterocycles. The fourth-order valence-electron chi connectivity index (χ4n) is 1.48. The zero-order valence-electron chi connectivity index (χ0n) is 10.5. The van der Waals surface area contributed by atoms with Crippen LogP contribution in [0, 0.1) is 10.1 Å². The van der Waals surface area contributed by atoms with Gasteiger partial charge < -0.3 is 5.73 Å². The monoisotopic (exact) mass is 341 g/mol. The van der Waals surface area contributed by atoms with Crippen LogP contribution in [0.25, 0.3) is 0 Å². The maximum absolute atomic E-state index is 12.1. The van der Waals surface area contributed by atoms with E-state index >= 15 is 0 Å². The molecule has 1 heterocycles. The number of hydrogen-bond donors (Lipinski definition) is 2. The van der Waals surface area contributed by atoms with Gasteiger partial charge in [0.1, 0.15) is 4.21 Å². The Morgan fingerprint density at radius 2 is 2.15 bits per heavy atom. The van der Waals surface area contributed by atoms with Crippen LogP contribution in [0.15, 0.2) is 10.3 Å². The van der Waals surface area contributed by atoms with Crippen LogP contribution < -0.4 is 10.5 Å². The topological polar surface area (TPSA) is 132 Å². The average Bonchev–Trinajstić information content (AvgIpc) is 2.56. The van der Waals surface area contributed by atoms with Crippen LogP contribution in [-0.4, -0.2) is 24.8 Å². The van der Waals surface area contributed by atoms with Gasteiger partial charge in [-0.2, -0.15) is 0 Å². The molecule has 0 fully saturated rings. The summed E-state index contributed by atoms with van der Waals surface area (Å²) in [5, 5.41) is 10.6. The lowest BCUT2D eigenvalue weighted by atomic mass is 10.0. The highest BCUT2D eigenvalue weighted by Gasteiger charge is 2.31. The van der Waals surface area contributed by atoms with Gasteiger partial charge in [-0.05, 0) is 13.8 Å². The van der Waals surface area contributed by atoms with Crippen LogP contribution in [0.4, 0.5) is 5.69 Å². The molecular formula is C9H12ClN3O5S2. The minimum Gasteiger partial charge on any atom is -0.370 e. The Hall–Kier alpha value is -1.23. The quantitative estimate of drug-likeness (QED) is 0.593. The van der Waals surface area contributed by atoms with Crippen molar-refractivity contribution in [1.29, 1.82) is 0 Å². The summed E-state index contributed by atoms with van der Waals surface area (Å²) < 4.78 is 25.9. The molecule has 1 aromatic heterocycles. The zero-order valence-corrected chi connectivity index (χ0v) is 12.9. The number of primary amides is 1. The second-order valence-corrected chi connectivity index (χ2v) is 8.18. The highest BCUT2D eigenvalue weighted by atomic mass is 35.5. The van der Waals surface area contributed by atoms with Crippen LogP contribution in [0.5, 0.6) is 0 Å². The van der Waals surface area contributed by atoms with Gasteiger partial charge in [-0.15, -0.1) is 11.3 Å². The molecule has 20 heavy (non-hydrogen) atoms. The van der Waals surface area contributed by atoms with E-state index in [0.29, 0.717) is 11.3 Å². The minimum absolute atomic E-state index is 0.215. The van der Waals surface area contributed by atoms with Crippen molar-refractivity contribution < 1.29 is 18.1 Å². The Morgan fingerprint density at radius 1 is 1.60 bits per heavy atom. The molecule has 1 amide bonds. The van der Waals surface area contributed by atoms with Gasteiger partial charge in [0.2, 0.25) is 5.91 Å². The number of rotatable bonds is 6. The lowest BCUT2D eigenvalue weighted by molar-refractivity contribution is -0.384. The van der Waals surface area contributed by atoms with Crippen LogP contribution in [0.1, 0.15) is 20.3 Å². The van der Waals surface area contributed by atoms with E-state index in [1.54, 1.807) is 0 Å². The van der Waals surface area contributed by atoms with Crippen LogP contribution in [0.2, 0.25) is 4.34 Å². The molecule has 0 radical (unpaired) electrons. The first-order valence-corrected chi connectivity index (χ1v) is 7.88. The minimum atomic E-state index is -4.03. The first-order chi connectivity index (χ1) is 8.94. The SMILES string of the molecule is CC(C)(CC(N)=O)NS(=O)(=O)c1cc([N+](=O)[O-])c(Cl)s1. The number of nitrogens with two attached hydrogens (primary N) is 1. The van der Waals surface area contributed by atoms with Crippen LogP contribution in [-0.2, 0) is 14.8 Å². The summed E-state index contributed by atoms with van der Waals surface area (Å²) in [5.41, 5.74) is 3.43. The van der Waals surface area contributed by atoms with Gasteiger partial charge in [0, 0.05) is 18.0 Å². The Morgan fingerprint density at radius 3 is 2.55 bits per heavy atom. The third-order valence-corrected chi connectivity index (χ3v) is 5.64. The fraction of sp³-hybridized carbons (Fsp3) is 0.444. The maximum Gasteiger partial charge on any atom is 0.300 e. The molecule has 11 heteroatoms. The molecule has 0 unspecified atom stereocenters. The molecule has 0 aromatic carbocycles. The number of hydrogen-bond acceptors (Lipinski definition) is 6. The first kappa shape index (κ1) is 16.8. The lowest BCUT2D eigenvalue weighted by Crippen LogP contribution is -2.45. The molecule has 0 aliphatic heterocycles. The first-order valence-electron chi connectivity index (χ1n) is 5.20. The van der Waals surface area contributed by atoms with Crippen molar-refractivity contribution >= 4 is 44.6 Å². The summed E-state index contributed by atoms with van der Waals surface area (Å²) in [5.74, 6) is -0.673. The van der Waals surface area contributed by atoms with Gasteiger partial charge in [-0.1, -0.05) is 11.6 Å². The lowest BCUT2D eigenvalue weighted by Gasteiger charge is -2.23. The second kappa shape index (κ2) is 5.64. The molecule has 8 nitrogen and oxygen atoms in total. The Bertz CT molecular complexity index is 653. The van der Waals surface area contributed by atoms with Crippen molar-refractivity contribution in [2.24, 2.45) is 5.73 Å². The smallest absolute Gasteiger partial charge is 0.300 e. The van der Waals surface area contributed by atoms with E-state index in [9.17, 15) is 23.3 Å². The molecule has 112 valence electrons. The normalized spacial score (nSPS) is 12.3. The largest absolute Gasteiger partial charge is 0.370 e. The summed E-state index contributed by atoms with van der Waals surface area (Å²) in [4.78, 5) is 20.7. The summed E-state index contributed by atoms with van der Waals surface area (Å²) in [7, 11) is -4.03. The van der Waals surface area contributed by atoms with Gasteiger partial charge in [-0.25, -0.2) is 13.1 Å². The van der Waals surface area contributed by atoms with E-state index < -0.39 is 32.1 Å². The Labute approximate surface area is 124 Å². The van der Waals surface area contributed by atoms with Gasteiger partial charge in [-0.3, -0.25) is 14.9 Å². The molecule has 1 rings (SSSR count). The van der Waals surface area contributed by atoms with E-state index in [4.69, 9.17) is 17.3 Å². The predicted octanol–water partition coefficient (Wildman–Crippen LogP) is 1.24. The summed E-state index contributed by atoms with van der Waals surface area (Å²) in [6, 6.07) is 0.871. The molecular weight excluding hydrogens is 330 g/mol. The standard InChI is InChI=1S/C9H12ClN3O5S2/c1-9(2,4-6(11)14)12-20(17,18)7-3-5(13(15)16)8(10)19-7/h3,12H,4H2,1-2H3,(H2,11,14). The number of nitrogens with zero attached hydrogens (tertiary/aromatic N) is 1. The fourth-order valence-corrected chi connectivity index (χ4v) is 4.56. The number of nitrogens with one attached hydrogen (secondary N) is 1. The van der Waals surface area contributed by atoms with E-state index in [1.807, 2.05) is 0 Å². The predicted molar refractivity (Wildman–Crippen MR) is 74.2 cm³/mol. The van der Waals surface area contributed by atoms with Crippen molar-refractivity contribution in [1.82, 2.24) is 4.72 Å². The van der Waals surface area contributed by atoms with E-state index in [2.05, 4.69) is 4.72 Å². The number of carbonyl (C=O) groups excluding carboxylic acids is 1. The highest BCUT2D eigenvalue weighted by molar-refractivity contribution is 7.91. The average molecular weight is 342 g/mol. The number of nitro groups is 1. The van der Waals surface area contributed by atoms with Crippen molar-refractivity contribution in [3.63, 3.8) is 0 Å². The number of halogens is 1. The summed E-state index contributed by atoms with van der Waals surface area (Å²) in [6.45, 7) is 2.94. The molecule has 1 aromatic rings. The number of thiophene rings is 1. The number of sulfonamides is 1. The third-order valence-electron chi connectivity index (χ3n) is 2.13. The molecule has 0 spiro atoms. The summed E-state index contributed by atoms with van der Waals surface area (Å²) in [6.07, 6.45) is -0.215. The number of amides is 1. The van der Waals surface area contributed by atoms with Crippen molar-refractivity contribution in [3.8, 4) is 0 Å². The Kier molecular flexibility index (Phi) is 4.74. The van der Waals surface area contributed by atoms with Gasteiger partial charge in [0.25, 0.3) is 15.7 Å². The molecule has 0 atom stereocenters. The van der Waals surface area contributed by atoms with Crippen LogP contribution >= 0.6 is 22.9 Å². The van der Waals surface area contributed by atoms with Crippen LogP contribution in [0.3, 0.4) is 0 Å². The van der Waals surface area contributed by atoms with Crippen molar-refractivity contribution in [2.75, 3.05) is 0 Å². The van der Waals surface area contributed by atoms with E-state index in [-0.39, 0.29) is 15.0 Å².